The van der Waals surface area contributed by atoms with Crippen molar-refractivity contribution in [2.75, 3.05) is 50.4 Å². The topological polar surface area (TPSA) is 65.0 Å². The average molecular weight is 381 g/mol. The molecule has 0 aromatic heterocycles. The maximum absolute atomic E-state index is 12.2. The van der Waals surface area contributed by atoms with Gasteiger partial charge in [0.2, 0.25) is 0 Å². The molecule has 1 aliphatic heterocycles. The van der Waals surface area contributed by atoms with Crippen molar-refractivity contribution in [1.82, 2.24) is 10.2 Å². The van der Waals surface area contributed by atoms with Gasteiger partial charge in [-0.15, -0.1) is 0 Å². The summed E-state index contributed by atoms with van der Waals surface area (Å²) in [6.07, 6.45) is 0. The van der Waals surface area contributed by atoms with Gasteiger partial charge in [0.1, 0.15) is 0 Å². The van der Waals surface area contributed by atoms with Gasteiger partial charge in [-0.2, -0.15) is 0 Å². The largest absolute Gasteiger partial charge is 0.368 e. The summed E-state index contributed by atoms with van der Waals surface area (Å²) in [5, 5.41) is 3.21. The van der Waals surface area contributed by atoms with E-state index in [1.165, 1.54) is 11.3 Å². The minimum Gasteiger partial charge on any atom is -0.368 e. The summed E-state index contributed by atoms with van der Waals surface area (Å²) in [7, 11) is -1.38. The number of nitrogens with zero attached hydrogens (tertiary/aromatic N) is 3. The number of guanidine groups is 1. The van der Waals surface area contributed by atoms with Crippen molar-refractivity contribution in [2.24, 2.45) is 4.99 Å². The zero-order chi connectivity index (χ0) is 19.4. The molecule has 1 aliphatic rings. The van der Waals surface area contributed by atoms with Crippen LogP contribution >= 0.6 is 0 Å². The second-order valence-electron chi connectivity index (χ2n) is 7.72. The fourth-order valence-electron chi connectivity index (χ4n) is 2.94. The van der Waals surface area contributed by atoms with Crippen LogP contribution in [0.3, 0.4) is 0 Å². The van der Waals surface area contributed by atoms with Gasteiger partial charge in [0, 0.05) is 45.5 Å². The summed E-state index contributed by atoms with van der Waals surface area (Å²) in [6, 6.07) is 8.55. The Morgan fingerprint density at radius 3 is 2.38 bits per heavy atom. The van der Waals surface area contributed by atoms with Crippen LogP contribution in [0.4, 0.5) is 5.69 Å². The van der Waals surface area contributed by atoms with Crippen LogP contribution in [-0.2, 0) is 9.84 Å². The van der Waals surface area contributed by atoms with Gasteiger partial charge in [-0.05, 0) is 45.4 Å². The predicted octanol–water partition coefficient (Wildman–Crippen LogP) is 1.91. The van der Waals surface area contributed by atoms with Crippen molar-refractivity contribution >= 4 is 21.5 Å². The Balaban J connectivity index is 1.87. The number of hydrogen-bond acceptors (Lipinski definition) is 4. The average Bonchev–Trinajstić information content (AvgIpc) is 2.58. The summed E-state index contributed by atoms with van der Waals surface area (Å²) in [6.45, 7) is 11.3. The Labute approximate surface area is 158 Å². The normalized spacial score (nSPS) is 16.7. The molecule has 0 bridgehead atoms. The molecule has 2 rings (SSSR count). The fraction of sp³-hybridized carbons (Fsp3) is 0.632. The third-order valence-electron chi connectivity index (χ3n) is 4.74. The molecular weight excluding hydrogens is 348 g/mol. The fourth-order valence-corrected chi connectivity index (χ4v) is 3.92. The van der Waals surface area contributed by atoms with E-state index in [1.54, 1.807) is 27.8 Å². The van der Waals surface area contributed by atoms with E-state index >= 15 is 0 Å². The van der Waals surface area contributed by atoms with Crippen molar-refractivity contribution in [3.63, 3.8) is 0 Å². The molecule has 0 aliphatic carbocycles. The van der Waals surface area contributed by atoms with Crippen LogP contribution in [0.15, 0.2) is 29.3 Å². The first-order chi connectivity index (χ1) is 12.1. The van der Waals surface area contributed by atoms with Crippen molar-refractivity contribution in [2.45, 2.75) is 32.4 Å². The number of aliphatic imine (C=N–C) groups is 1. The van der Waals surface area contributed by atoms with Crippen LogP contribution in [0.2, 0.25) is 0 Å². The number of hydrogen-bond donors (Lipinski definition) is 1. The summed E-state index contributed by atoms with van der Waals surface area (Å²) in [5.74, 6) is 0.886. The smallest absolute Gasteiger partial charge is 0.193 e. The Kier molecular flexibility index (Phi) is 6.55. The Bertz CT molecular complexity index is 730. The minimum atomic E-state index is -3.13. The SMILES string of the molecule is CN=C(NCCS(=O)(=O)C(C)(C)C)N1CCN(c2cccc(C)c2)CC1. The second-order valence-corrected chi connectivity index (χ2v) is 10.6. The lowest BCUT2D eigenvalue weighted by Crippen LogP contribution is -2.53. The molecule has 1 N–H and O–H groups in total. The molecule has 0 saturated carbocycles. The van der Waals surface area contributed by atoms with Crippen LogP contribution in [0.1, 0.15) is 26.3 Å². The van der Waals surface area contributed by atoms with Crippen molar-refractivity contribution in [3.8, 4) is 0 Å². The monoisotopic (exact) mass is 380 g/mol. The van der Waals surface area contributed by atoms with Gasteiger partial charge < -0.3 is 15.1 Å². The summed E-state index contributed by atoms with van der Waals surface area (Å²) < 4.78 is 23.7. The van der Waals surface area contributed by atoms with Crippen LogP contribution in [0.5, 0.6) is 0 Å². The highest BCUT2D eigenvalue weighted by Crippen LogP contribution is 2.18. The van der Waals surface area contributed by atoms with Gasteiger partial charge in [-0.1, -0.05) is 12.1 Å². The van der Waals surface area contributed by atoms with Crippen LogP contribution < -0.4 is 10.2 Å². The van der Waals surface area contributed by atoms with E-state index in [9.17, 15) is 8.42 Å². The van der Waals surface area contributed by atoms with Gasteiger partial charge in [-0.3, -0.25) is 4.99 Å². The van der Waals surface area contributed by atoms with Crippen LogP contribution in [0, 0.1) is 6.92 Å². The third kappa shape index (κ3) is 5.13. The highest BCUT2D eigenvalue weighted by molar-refractivity contribution is 7.92. The molecule has 146 valence electrons. The molecule has 1 fully saturated rings. The molecule has 1 aromatic carbocycles. The van der Waals surface area contributed by atoms with E-state index in [0.29, 0.717) is 6.54 Å². The zero-order valence-corrected chi connectivity index (χ0v) is 17.4. The third-order valence-corrected chi connectivity index (χ3v) is 7.35. The van der Waals surface area contributed by atoms with Crippen molar-refractivity contribution < 1.29 is 8.42 Å². The highest BCUT2D eigenvalue weighted by atomic mass is 32.2. The number of sulfone groups is 1. The molecule has 0 radical (unpaired) electrons. The van der Waals surface area contributed by atoms with Gasteiger partial charge >= 0.3 is 0 Å². The first kappa shape index (κ1) is 20.6. The molecule has 0 amide bonds. The van der Waals surface area contributed by atoms with E-state index in [0.717, 1.165) is 32.1 Å². The first-order valence-electron chi connectivity index (χ1n) is 9.13. The first-order valence-corrected chi connectivity index (χ1v) is 10.8. The van der Waals surface area contributed by atoms with E-state index < -0.39 is 14.6 Å². The number of aryl methyl sites for hydroxylation is 1. The lowest BCUT2D eigenvalue weighted by atomic mass is 10.2. The number of rotatable bonds is 4. The van der Waals surface area contributed by atoms with Gasteiger partial charge in [-0.25, -0.2) is 8.42 Å². The van der Waals surface area contributed by atoms with Crippen molar-refractivity contribution in [3.05, 3.63) is 29.8 Å². The quantitative estimate of drug-likeness (QED) is 0.638. The van der Waals surface area contributed by atoms with Crippen molar-refractivity contribution in [1.29, 1.82) is 0 Å². The van der Waals surface area contributed by atoms with E-state index in [1.807, 2.05) is 0 Å². The number of benzene rings is 1. The molecule has 6 nitrogen and oxygen atoms in total. The molecule has 0 atom stereocenters. The Morgan fingerprint density at radius 1 is 1.19 bits per heavy atom. The molecule has 1 aromatic rings. The Morgan fingerprint density at radius 2 is 1.85 bits per heavy atom. The highest BCUT2D eigenvalue weighted by Gasteiger charge is 2.28. The lowest BCUT2D eigenvalue weighted by Gasteiger charge is -2.37. The second kappa shape index (κ2) is 8.29. The molecular formula is C19H32N4O2S. The van der Waals surface area contributed by atoms with E-state index in [-0.39, 0.29) is 5.75 Å². The van der Waals surface area contributed by atoms with E-state index in [4.69, 9.17) is 0 Å². The maximum Gasteiger partial charge on any atom is 0.193 e. The molecule has 1 saturated heterocycles. The molecule has 7 heteroatoms. The minimum absolute atomic E-state index is 0.110. The lowest BCUT2D eigenvalue weighted by molar-refractivity contribution is 0.373. The molecule has 1 heterocycles. The summed E-state index contributed by atoms with van der Waals surface area (Å²) >= 11 is 0. The Hall–Kier alpha value is -1.76. The summed E-state index contributed by atoms with van der Waals surface area (Å²) in [5.41, 5.74) is 2.52. The van der Waals surface area contributed by atoms with E-state index in [2.05, 4.69) is 51.3 Å². The van der Waals surface area contributed by atoms with Gasteiger partial charge in [0.05, 0.1) is 10.5 Å². The standard InChI is InChI=1S/C19H32N4O2S/c1-16-7-6-8-17(15-16)22-10-12-23(13-11-22)18(20-5)21-9-14-26(24,25)19(2,3)4/h6-8,15H,9-14H2,1-5H3,(H,20,21). The molecule has 0 spiro atoms. The number of nitrogens with one attached hydrogen (secondary N) is 1. The zero-order valence-electron chi connectivity index (χ0n) is 16.6. The van der Waals surface area contributed by atoms with Gasteiger partial charge in [0.15, 0.2) is 15.8 Å². The van der Waals surface area contributed by atoms with Crippen LogP contribution in [0.25, 0.3) is 0 Å². The van der Waals surface area contributed by atoms with Gasteiger partial charge in [0.25, 0.3) is 0 Å². The predicted molar refractivity (Wildman–Crippen MR) is 110 cm³/mol. The number of anilines is 1. The number of piperazine rings is 1. The maximum atomic E-state index is 12.2. The summed E-state index contributed by atoms with van der Waals surface area (Å²) in [4.78, 5) is 8.89. The molecule has 0 unspecified atom stereocenters. The van der Waals surface area contributed by atoms with Crippen LogP contribution in [-0.4, -0.2) is 69.5 Å². The molecule has 26 heavy (non-hydrogen) atoms.